The van der Waals surface area contributed by atoms with E-state index in [-0.39, 0.29) is 11.6 Å². The molecule has 0 atom stereocenters. The van der Waals surface area contributed by atoms with Gasteiger partial charge in [0.05, 0.1) is 5.56 Å². The van der Waals surface area contributed by atoms with E-state index in [1.54, 1.807) is 21.9 Å². The molecule has 1 saturated heterocycles. The van der Waals surface area contributed by atoms with Crippen LogP contribution in [0.15, 0.2) is 48.5 Å². The number of anilines is 2. The molecule has 1 N–H and O–H groups in total. The highest BCUT2D eigenvalue weighted by molar-refractivity contribution is 14.1. The Morgan fingerprint density at radius 1 is 1.00 bits per heavy atom. The molecule has 1 heterocycles. The minimum Gasteiger partial charge on any atom is -0.478 e. The van der Waals surface area contributed by atoms with Gasteiger partial charge in [-0.2, -0.15) is 0 Å². The third-order valence-electron chi connectivity index (χ3n) is 3.55. The summed E-state index contributed by atoms with van der Waals surface area (Å²) in [6.07, 6.45) is 0. The average molecular weight is 408 g/mol. The lowest BCUT2D eigenvalue weighted by Crippen LogP contribution is -2.31. The van der Waals surface area contributed by atoms with Crippen LogP contribution in [0.1, 0.15) is 10.4 Å². The number of urea groups is 1. The van der Waals surface area contributed by atoms with Crippen LogP contribution in [-0.2, 0) is 0 Å². The number of benzene rings is 2. The van der Waals surface area contributed by atoms with E-state index in [9.17, 15) is 9.59 Å². The summed E-state index contributed by atoms with van der Waals surface area (Å²) in [6.45, 7) is 1.12. The standard InChI is InChI=1S/C16H13IN2O3/c17-12-4-6-13(7-5-12)18-8-9-19(16(18)22)14-3-1-2-11(10-14)15(20)21/h1-7,10H,8-9H2,(H,20,21). The van der Waals surface area contributed by atoms with Crippen LogP contribution in [0.5, 0.6) is 0 Å². The number of halogens is 1. The van der Waals surface area contributed by atoms with E-state index < -0.39 is 5.97 Å². The van der Waals surface area contributed by atoms with Crippen LogP contribution in [0, 0.1) is 3.57 Å². The van der Waals surface area contributed by atoms with Crippen LogP contribution in [0.25, 0.3) is 0 Å². The minimum absolute atomic E-state index is 0.135. The van der Waals surface area contributed by atoms with Crippen LogP contribution in [0.4, 0.5) is 16.2 Å². The van der Waals surface area contributed by atoms with Crippen molar-refractivity contribution in [3.05, 3.63) is 57.7 Å². The molecule has 0 spiro atoms. The van der Waals surface area contributed by atoms with Gasteiger partial charge in [-0.15, -0.1) is 0 Å². The first-order chi connectivity index (χ1) is 10.6. The second kappa shape index (κ2) is 5.96. The quantitative estimate of drug-likeness (QED) is 0.792. The van der Waals surface area contributed by atoms with Gasteiger partial charge >= 0.3 is 12.0 Å². The van der Waals surface area contributed by atoms with Crippen molar-refractivity contribution in [1.82, 2.24) is 0 Å². The fraction of sp³-hybridized carbons (Fsp3) is 0.125. The Morgan fingerprint density at radius 2 is 1.64 bits per heavy atom. The zero-order valence-corrected chi connectivity index (χ0v) is 13.7. The Bertz CT molecular complexity index is 730. The number of carbonyl (C=O) groups is 2. The van der Waals surface area contributed by atoms with E-state index in [1.165, 1.54) is 12.1 Å². The fourth-order valence-corrected chi connectivity index (χ4v) is 2.80. The van der Waals surface area contributed by atoms with Gasteiger partial charge in [0, 0.05) is 28.0 Å². The van der Waals surface area contributed by atoms with Gasteiger partial charge in [0.2, 0.25) is 0 Å². The van der Waals surface area contributed by atoms with E-state index in [2.05, 4.69) is 22.6 Å². The molecule has 0 aromatic heterocycles. The van der Waals surface area contributed by atoms with Crippen molar-refractivity contribution in [2.24, 2.45) is 0 Å². The maximum atomic E-state index is 12.6. The lowest BCUT2D eigenvalue weighted by atomic mass is 10.2. The van der Waals surface area contributed by atoms with Crippen LogP contribution in [-0.4, -0.2) is 30.2 Å². The van der Waals surface area contributed by atoms with Crippen molar-refractivity contribution in [1.29, 1.82) is 0 Å². The molecule has 2 aromatic rings. The first-order valence-corrected chi connectivity index (χ1v) is 7.82. The fourth-order valence-electron chi connectivity index (χ4n) is 2.44. The van der Waals surface area contributed by atoms with Gasteiger partial charge in [-0.1, -0.05) is 6.07 Å². The Balaban J connectivity index is 1.86. The number of nitrogens with zero attached hydrogens (tertiary/aromatic N) is 2. The monoisotopic (exact) mass is 408 g/mol. The number of hydrogen-bond donors (Lipinski definition) is 1. The van der Waals surface area contributed by atoms with E-state index in [0.29, 0.717) is 18.8 Å². The topological polar surface area (TPSA) is 60.9 Å². The lowest BCUT2D eigenvalue weighted by Gasteiger charge is -2.19. The van der Waals surface area contributed by atoms with Gasteiger partial charge in [0.1, 0.15) is 0 Å². The van der Waals surface area contributed by atoms with Crippen LogP contribution in [0.3, 0.4) is 0 Å². The van der Waals surface area contributed by atoms with Gasteiger partial charge in [0.25, 0.3) is 0 Å². The molecular formula is C16H13IN2O3. The largest absolute Gasteiger partial charge is 0.478 e. The Labute approximate surface area is 141 Å². The van der Waals surface area contributed by atoms with Crippen molar-refractivity contribution in [3.8, 4) is 0 Å². The number of amides is 2. The molecule has 2 amide bonds. The minimum atomic E-state index is -0.997. The van der Waals surface area contributed by atoms with Crippen molar-refractivity contribution in [2.75, 3.05) is 22.9 Å². The molecule has 0 bridgehead atoms. The first-order valence-electron chi connectivity index (χ1n) is 6.74. The predicted molar refractivity (Wildman–Crippen MR) is 92.6 cm³/mol. The zero-order chi connectivity index (χ0) is 15.7. The molecule has 1 fully saturated rings. The highest BCUT2D eigenvalue weighted by Gasteiger charge is 2.30. The summed E-state index contributed by atoms with van der Waals surface area (Å²) in [5.41, 5.74) is 1.64. The zero-order valence-electron chi connectivity index (χ0n) is 11.6. The van der Waals surface area contributed by atoms with Crippen molar-refractivity contribution in [3.63, 3.8) is 0 Å². The van der Waals surface area contributed by atoms with E-state index >= 15 is 0 Å². The summed E-state index contributed by atoms with van der Waals surface area (Å²) in [5, 5.41) is 9.06. The summed E-state index contributed by atoms with van der Waals surface area (Å²) in [5.74, 6) is -0.997. The molecule has 112 valence electrons. The Hall–Kier alpha value is -2.09. The summed E-state index contributed by atoms with van der Waals surface area (Å²) in [7, 11) is 0. The number of carboxylic acid groups (broad SMARTS) is 1. The van der Waals surface area contributed by atoms with Crippen LogP contribution in [0.2, 0.25) is 0 Å². The number of carbonyl (C=O) groups excluding carboxylic acids is 1. The highest BCUT2D eigenvalue weighted by Crippen LogP contribution is 2.26. The Morgan fingerprint density at radius 3 is 2.27 bits per heavy atom. The van der Waals surface area contributed by atoms with Crippen molar-refractivity contribution < 1.29 is 14.7 Å². The second-order valence-corrected chi connectivity index (χ2v) is 6.16. The number of rotatable bonds is 3. The van der Waals surface area contributed by atoms with Crippen molar-refractivity contribution >= 4 is 46.0 Å². The third kappa shape index (κ3) is 2.78. The molecule has 2 aromatic carbocycles. The lowest BCUT2D eigenvalue weighted by molar-refractivity contribution is 0.0697. The summed E-state index contributed by atoms with van der Waals surface area (Å²) in [4.78, 5) is 26.9. The molecule has 1 aliphatic rings. The van der Waals surface area contributed by atoms with E-state index in [0.717, 1.165) is 9.26 Å². The Kier molecular flexibility index (Phi) is 4.02. The molecule has 1 aliphatic heterocycles. The first kappa shape index (κ1) is 14.8. The maximum absolute atomic E-state index is 12.6. The molecule has 0 radical (unpaired) electrons. The molecule has 5 nitrogen and oxygen atoms in total. The van der Waals surface area contributed by atoms with Gasteiger partial charge in [-0.25, -0.2) is 9.59 Å². The summed E-state index contributed by atoms with van der Waals surface area (Å²) >= 11 is 2.22. The maximum Gasteiger partial charge on any atom is 0.335 e. The van der Waals surface area contributed by atoms with Gasteiger partial charge in [-0.3, -0.25) is 9.80 Å². The third-order valence-corrected chi connectivity index (χ3v) is 4.27. The second-order valence-electron chi connectivity index (χ2n) is 4.92. The molecule has 6 heteroatoms. The molecule has 0 saturated carbocycles. The normalized spacial score (nSPS) is 14.5. The van der Waals surface area contributed by atoms with E-state index in [4.69, 9.17) is 5.11 Å². The smallest absolute Gasteiger partial charge is 0.335 e. The molecule has 3 rings (SSSR count). The number of hydrogen-bond acceptors (Lipinski definition) is 2. The summed E-state index contributed by atoms with van der Waals surface area (Å²) < 4.78 is 1.11. The molecule has 0 unspecified atom stereocenters. The average Bonchev–Trinajstić information content (AvgIpc) is 2.90. The van der Waals surface area contributed by atoms with Gasteiger partial charge in [-0.05, 0) is 65.1 Å². The molecule has 22 heavy (non-hydrogen) atoms. The van der Waals surface area contributed by atoms with Crippen LogP contribution < -0.4 is 9.80 Å². The van der Waals surface area contributed by atoms with Gasteiger partial charge < -0.3 is 5.11 Å². The predicted octanol–water partition coefficient (Wildman–Crippen LogP) is 3.44. The molecule has 0 aliphatic carbocycles. The SMILES string of the molecule is O=C(O)c1cccc(N2CCN(c3ccc(I)cc3)C2=O)c1. The summed E-state index contributed by atoms with van der Waals surface area (Å²) in [6, 6.07) is 14.0. The van der Waals surface area contributed by atoms with E-state index in [1.807, 2.05) is 24.3 Å². The number of carboxylic acids is 1. The number of aromatic carboxylic acids is 1. The van der Waals surface area contributed by atoms with Gasteiger partial charge in [0.15, 0.2) is 0 Å². The van der Waals surface area contributed by atoms with Crippen molar-refractivity contribution in [2.45, 2.75) is 0 Å². The van der Waals surface area contributed by atoms with Crippen LogP contribution >= 0.6 is 22.6 Å². The highest BCUT2D eigenvalue weighted by atomic mass is 127. The molecular weight excluding hydrogens is 395 g/mol.